The Balaban J connectivity index is 1.74. The van der Waals surface area contributed by atoms with Crippen molar-refractivity contribution in [2.24, 2.45) is 5.92 Å². The van der Waals surface area contributed by atoms with Gasteiger partial charge in [0.1, 0.15) is 6.10 Å². The maximum Gasteiger partial charge on any atom is 0.249 e. The summed E-state index contributed by atoms with van der Waals surface area (Å²) >= 11 is 0. The summed E-state index contributed by atoms with van der Waals surface area (Å²) in [5, 5.41) is 3.16. The fourth-order valence-corrected chi connectivity index (χ4v) is 3.27. The lowest BCUT2D eigenvalue weighted by molar-refractivity contribution is -0.132. The third-order valence-electron chi connectivity index (χ3n) is 4.44. The zero-order chi connectivity index (χ0) is 14.1. The van der Waals surface area contributed by atoms with E-state index in [4.69, 9.17) is 10.5 Å². The third kappa shape index (κ3) is 2.52. The Bertz CT molecular complexity index is 515. The quantitative estimate of drug-likeness (QED) is 0.812. The van der Waals surface area contributed by atoms with Gasteiger partial charge in [0.15, 0.2) is 0 Å². The average molecular weight is 274 g/mol. The van der Waals surface area contributed by atoms with Gasteiger partial charge in [-0.3, -0.25) is 4.79 Å². The van der Waals surface area contributed by atoms with E-state index in [1.807, 2.05) is 18.2 Å². The van der Waals surface area contributed by atoms with Crippen LogP contribution in [0, 0.1) is 5.92 Å². The second-order valence-electron chi connectivity index (χ2n) is 5.97. The highest BCUT2D eigenvalue weighted by Gasteiger charge is 2.33. The first-order valence-electron chi connectivity index (χ1n) is 7.45. The topological polar surface area (TPSA) is 64.3 Å². The molecule has 1 aliphatic carbocycles. The number of nitrogen functional groups attached to an aromatic ring is 1. The number of carbonyl (C=O) groups is 1. The smallest absolute Gasteiger partial charge is 0.249 e. The van der Waals surface area contributed by atoms with E-state index in [2.05, 4.69) is 12.2 Å². The molecule has 1 amide bonds. The van der Waals surface area contributed by atoms with Crippen LogP contribution in [0.4, 0.5) is 5.69 Å². The Hall–Kier alpha value is -1.55. The van der Waals surface area contributed by atoms with Crippen molar-refractivity contribution in [1.29, 1.82) is 0 Å². The number of anilines is 1. The molecule has 1 aromatic rings. The first-order chi connectivity index (χ1) is 9.65. The van der Waals surface area contributed by atoms with Crippen LogP contribution < -0.4 is 11.1 Å². The Labute approximate surface area is 119 Å². The van der Waals surface area contributed by atoms with Gasteiger partial charge in [-0.2, -0.15) is 0 Å². The molecule has 0 spiro atoms. The molecule has 1 aromatic carbocycles. The summed E-state index contributed by atoms with van der Waals surface area (Å²) in [5.74, 6) is 0.342. The van der Waals surface area contributed by atoms with Crippen molar-refractivity contribution in [1.82, 2.24) is 5.32 Å². The molecular formula is C16H22N2O2. The maximum absolute atomic E-state index is 12.3. The molecule has 0 radical (unpaired) electrons. The summed E-state index contributed by atoms with van der Waals surface area (Å²) in [6.07, 6.45) is 3.81. The molecule has 3 N–H and O–H groups in total. The average Bonchev–Trinajstić information content (AvgIpc) is 2.85. The second kappa shape index (κ2) is 5.44. The summed E-state index contributed by atoms with van der Waals surface area (Å²) < 4.78 is 5.54. The number of fused-ring (bicyclic) bond motifs is 1. The number of hydrogen-bond donors (Lipinski definition) is 2. The number of ether oxygens (including phenoxy) is 1. The standard InChI is InChI=1S/C16H22N2O2/c1-10-7-8-20-15(10)16(19)18-14-4-2-3-11-9-12(17)5-6-13(11)14/h5-6,9-10,14-15H,2-4,7-8,17H2,1H3,(H,18,19). The Morgan fingerprint density at radius 3 is 3.00 bits per heavy atom. The number of nitrogens with two attached hydrogens (primary N) is 1. The van der Waals surface area contributed by atoms with Crippen molar-refractivity contribution in [3.8, 4) is 0 Å². The third-order valence-corrected chi connectivity index (χ3v) is 4.44. The minimum absolute atomic E-state index is 0.0321. The molecule has 1 fully saturated rings. The van der Waals surface area contributed by atoms with Crippen molar-refractivity contribution >= 4 is 11.6 Å². The second-order valence-corrected chi connectivity index (χ2v) is 5.97. The van der Waals surface area contributed by atoms with Crippen LogP contribution in [0.2, 0.25) is 0 Å². The monoisotopic (exact) mass is 274 g/mol. The number of benzene rings is 1. The normalized spacial score (nSPS) is 28.9. The molecule has 108 valence electrons. The van der Waals surface area contributed by atoms with Crippen LogP contribution in [-0.2, 0) is 16.0 Å². The summed E-state index contributed by atoms with van der Waals surface area (Å²) in [5.41, 5.74) is 9.11. The van der Waals surface area contributed by atoms with Gasteiger partial charge in [0.2, 0.25) is 5.91 Å². The van der Waals surface area contributed by atoms with Gasteiger partial charge in [-0.15, -0.1) is 0 Å². The van der Waals surface area contributed by atoms with E-state index in [9.17, 15) is 4.79 Å². The van der Waals surface area contributed by atoms with Crippen LogP contribution >= 0.6 is 0 Å². The van der Waals surface area contributed by atoms with E-state index in [0.29, 0.717) is 12.5 Å². The number of rotatable bonds is 2. The molecule has 0 saturated carbocycles. The molecule has 4 heteroatoms. The zero-order valence-corrected chi connectivity index (χ0v) is 11.9. The maximum atomic E-state index is 12.3. The molecular weight excluding hydrogens is 252 g/mol. The van der Waals surface area contributed by atoms with Crippen molar-refractivity contribution < 1.29 is 9.53 Å². The van der Waals surface area contributed by atoms with E-state index in [0.717, 1.165) is 31.4 Å². The highest BCUT2D eigenvalue weighted by molar-refractivity contribution is 5.82. The van der Waals surface area contributed by atoms with Gasteiger partial charge in [-0.1, -0.05) is 13.0 Å². The molecule has 0 aromatic heterocycles. The predicted molar refractivity (Wildman–Crippen MR) is 78.2 cm³/mol. The summed E-state index contributed by atoms with van der Waals surface area (Å²) in [6.45, 7) is 2.77. The largest absolute Gasteiger partial charge is 0.399 e. The van der Waals surface area contributed by atoms with Crippen LogP contribution in [0.5, 0.6) is 0 Å². The molecule has 0 bridgehead atoms. The van der Waals surface area contributed by atoms with Gasteiger partial charge in [-0.25, -0.2) is 0 Å². The summed E-state index contributed by atoms with van der Waals surface area (Å²) in [7, 11) is 0. The van der Waals surface area contributed by atoms with E-state index in [1.54, 1.807) is 0 Å². The number of carbonyl (C=O) groups excluding carboxylic acids is 1. The molecule has 1 heterocycles. The van der Waals surface area contributed by atoms with E-state index in [-0.39, 0.29) is 18.1 Å². The van der Waals surface area contributed by atoms with Gasteiger partial charge in [-0.05, 0) is 54.9 Å². The Morgan fingerprint density at radius 1 is 1.40 bits per heavy atom. The van der Waals surface area contributed by atoms with Crippen molar-refractivity contribution in [3.63, 3.8) is 0 Å². The van der Waals surface area contributed by atoms with E-state index in [1.165, 1.54) is 11.1 Å². The van der Waals surface area contributed by atoms with E-state index < -0.39 is 0 Å². The van der Waals surface area contributed by atoms with Gasteiger partial charge in [0.25, 0.3) is 0 Å². The molecule has 20 heavy (non-hydrogen) atoms. The number of hydrogen-bond acceptors (Lipinski definition) is 3. The van der Waals surface area contributed by atoms with Crippen LogP contribution in [0.25, 0.3) is 0 Å². The lowest BCUT2D eigenvalue weighted by Crippen LogP contribution is -2.40. The van der Waals surface area contributed by atoms with Crippen LogP contribution in [-0.4, -0.2) is 18.6 Å². The van der Waals surface area contributed by atoms with E-state index >= 15 is 0 Å². The molecule has 3 rings (SSSR count). The number of aryl methyl sites for hydroxylation is 1. The van der Waals surface area contributed by atoms with Gasteiger partial charge in [0, 0.05) is 12.3 Å². The van der Waals surface area contributed by atoms with Crippen molar-refractivity contribution in [2.45, 2.75) is 44.8 Å². The molecule has 1 saturated heterocycles. The minimum atomic E-state index is -0.283. The predicted octanol–water partition coefficient (Wildman–Crippen LogP) is 2.19. The number of nitrogens with one attached hydrogen (secondary N) is 1. The summed E-state index contributed by atoms with van der Waals surface area (Å²) in [6, 6.07) is 6.09. The Kier molecular flexibility index (Phi) is 3.66. The molecule has 3 unspecified atom stereocenters. The van der Waals surface area contributed by atoms with Gasteiger partial charge in [0.05, 0.1) is 6.04 Å². The number of amides is 1. The SMILES string of the molecule is CC1CCOC1C(=O)NC1CCCc2cc(N)ccc21. The highest BCUT2D eigenvalue weighted by atomic mass is 16.5. The van der Waals surface area contributed by atoms with Gasteiger partial charge >= 0.3 is 0 Å². The molecule has 1 aliphatic heterocycles. The minimum Gasteiger partial charge on any atom is -0.399 e. The lowest BCUT2D eigenvalue weighted by atomic mass is 9.87. The fourth-order valence-electron chi connectivity index (χ4n) is 3.27. The molecule has 2 aliphatic rings. The van der Waals surface area contributed by atoms with Crippen molar-refractivity contribution in [2.75, 3.05) is 12.3 Å². The first kappa shape index (κ1) is 13.4. The van der Waals surface area contributed by atoms with Crippen LogP contribution in [0.3, 0.4) is 0 Å². The Morgan fingerprint density at radius 2 is 2.25 bits per heavy atom. The van der Waals surface area contributed by atoms with Crippen LogP contribution in [0.15, 0.2) is 18.2 Å². The zero-order valence-electron chi connectivity index (χ0n) is 11.9. The highest BCUT2D eigenvalue weighted by Crippen LogP contribution is 2.31. The molecule has 4 nitrogen and oxygen atoms in total. The lowest BCUT2D eigenvalue weighted by Gasteiger charge is -2.28. The first-order valence-corrected chi connectivity index (χ1v) is 7.45. The van der Waals surface area contributed by atoms with Crippen LogP contribution in [0.1, 0.15) is 43.4 Å². The van der Waals surface area contributed by atoms with Crippen molar-refractivity contribution in [3.05, 3.63) is 29.3 Å². The summed E-state index contributed by atoms with van der Waals surface area (Å²) in [4.78, 5) is 12.3. The fraction of sp³-hybridized carbons (Fsp3) is 0.562. The molecule has 3 atom stereocenters. The van der Waals surface area contributed by atoms with Gasteiger partial charge < -0.3 is 15.8 Å².